The van der Waals surface area contributed by atoms with Crippen molar-refractivity contribution in [2.75, 3.05) is 26.7 Å². The highest BCUT2D eigenvalue weighted by Crippen LogP contribution is 2.25. The van der Waals surface area contributed by atoms with Gasteiger partial charge in [-0.1, -0.05) is 0 Å². The van der Waals surface area contributed by atoms with Crippen LogP contribution in [0.15, 0.2) is 12.1 Å². The number of benzene rings is 1. The number of carbonyl (C=O) groups excluding carboxylic acids is 1. The zero-order valence-corrected chi connectivity index (χ0v) is 12.1. The summed E-state index contributed by atoms with van der Waals surface area (Å²) in [6.07, 6.45) is 3.32. The Morgan fingerprint density at radius 3 is 2.58 bits per heavy atom. The summed E-state index contributed by atoms with van der Waals surface area (Å²) in [5, 5.41) is 0. The Morgan fingerprint density at radius 2 is 1.95 bits per heavy atom. The fourth-order valence-electron chi connectivity index (χ4n) is 2.54. The van der Waals surface area contributed by atoms with Gasteiger partial charge in [0.25, 0.3) is 0 Å². The first-order valence-corrected chi connectivity index (χ1v) is 6.98. The van der Waals surface area contributed by atoms with Crippen molar-refractivity contribution in [1.29, 1.82) is 0 Å². The normalized spacial score (nSPS) is 17.4. The molecule has 0 aliphatic carbocycles. The summed E-state index contributed by atoms with van der Waals surface area (Å²) in [4.78, 5) is 13.2. The Bertz CT molecular complexity index is 448. The molecule has 1 aliphatic heterocycles. The smallest absolute Gasteiger partial charge is 0.150 e. The van der Waals surface area contributed by atoms with E-state index in [9.17, 15) is 4.79 Å². The minimum Gasteiger partial charge on any atom is -0.493 e. The molecule has 0 N–H and O–H groups in total. The molecule has 3 nitrogen and oxygen atoms in total. The predicted molar refractivity (Wildman–Crippen MR) is 77.0 cm³/mol. The number of carbonyl (C=O) groups is 1. The highest BCUT2D eigenvalue weighted by Gasteiger charge is 2.17. The first-order valence-electron chi connectivity index (χ1n) is 6.98. The van der Waals surface area contributed by atoms with E-state index >= 15 is 0 Å². The molecule has 1 aromatic carbocycles. The topological polar surface area (TPSA) is 29.5 Å². The lowest BCUT2D eigenvalue weighted by Crippen LogP contribution is -2.32. The third-order valence-corrected chi connectivity index (χ3v) is 4.22. The van der Waals surface area contributed by atoms with Crippen molar-refractivity contribution in [3.05, 3.63) is 28.8 Å². The number of ether oxygens (including phenoxy) is 1. The van der Waals surface area contributed by atoms with Crippen molar-refractivity contribution in [2.24, 2.45) is 5.92 Å². The van der Waals surface area contributed by atoms with E-state index in [1.165, 1.54) is 12.8 Å². The lowest BCUT2D eigenvalue weighted by molar-refractivity contribution is 0.112. The summed E-state index contributed by atoms with van der Waals surface area (Å²) >= 11 is 0. The van der Waals surface area contributed by atoms with Gasteiger partial charge in [-0.2, -0.15) is 0 Å². The highest BCUT2D eigenvalue weighted by atomic mass is 16.5. The number of aldehydes is 1. The fourth-order valence-corrected chi connectivity index (χ4v) is 2.54. The number of likely N-dealkylation sites (tertiary alicyclic amines) is 1. The van der Waals surface area contributed by atoms with Gasteiger partial charge >= 0.3 is 0 Å². The Morgan fingerprint density at radius 1 is 1.26 bits per heavy atom. The molecule has 0 unspecified atom stereocenters. The van der Waals surface area contributed by atoms with E-state index in [1.807, 2.05) is 26.0 Å². The molecule has 3 heteroatoms. The van der Waals surface area contributed by atoms with Crippen molar-refractivity contribution < 1.29 is 9.53 Å². The Labute approximate surface area is 115 Å². The van der Waals surface area contributed by atoms with Gasteiger partial charge < -0.3 is 9.64 Å². The quantitative estimate of drug-likeness (QED) is 0.781. The third kappa shape index (κ3) is 3.35. The molecule has 0 aromatic heterocycles. The molecule has 104 valence electrons. The average Bonchev–Trinajstić information content (AvgIpc) is 2.42. The van der Waals surface area contributed by atoms with Gasteiger partial charge in [-0.05, 0) is 76.0 Å². The van der Waals surface area contributed by atoms with Crippen LogP contribution < -0.4 is 4.74 Å². The molecule has 1 aliphatic rings. The van der Waals surface area contributed by atoms with Crippen LogP contribution in [-0.2, 0) is 0 Å². The summed E-state index contributed by atoms with van der Waals surface area (Å²) in [5.74, 6) is 1.57. The molecule has 2 rings (SSSR count). The van der Waals surface area contributed by atoms with Crippen LogP contribution in [-0.4, -0.2) is 37.9 Å². The van der Waals surface area contributed by atoms with E-state index in [0.717, 1.165) is 48.4 Å². The lowest BCUT2D eigenvalue weighted by Gasteiger charge is -2.29. The summed E-state index contributed by atoms with van der Waals surface area (Å²) in [6.45, 7) is 7.11. The molecule has 0 spiro atoms. The van der Waals surface area contributed by atoms with E-state index in [2.05, 4.69) is 11.9 Å². The SMILES string of the molecule is Cc1c(C=O)ccc(OCC2CCN(C)CC2)c1C. The van der Waals surface area contributed by atoms with Crippen molar-refractivity contribution in [1.82, 2.24) is 4.90 Å². The van der Waals surface area contributed by atoms with Gasteiger partial charge in [0.1, 0.15) is 12.0 Å². The van der Waals surface area contributed by atoms with Gasteiger partial charge in [-0.15, -0.1) is 0 Å². The molecule has 0 bridgehead atoms. The zero-order chi connectivity index (χ0) is 13.8. The van der Waals surface area contributed by atoms with Crippen LogP contribution in [0.25, 0.3) is 0 Å². The molecule has 1 heterocycles. The second kappa shape index (κ2) is 6.20. The molecule has 0 atom stereocenters. The van der Waals surface area contributed by atoms with Gasteiger partial charge in [-0.3, -0.25) is 4.79 Å². The number of rotatable bonds is 4. The molecule has 0 radical (unpaired) electrons. The monoisotopic (exact) mass is 261 g/mol. The van der Waals surface area contributed by atoms with E-state index in [1.54, 1.807) is 0 Å². The van der Waals surface area contributed by atoms with Gasteiger partial charge in [-0.25, -0.2) is 0 Å². The maximum atomic E-state index is 10.9. The van der Waals surface area contributed by atoms with E-state index in [-0.39, 0.29) is 0 Å². The summed E-state index contributed by atoms with van der Waals surface area (Å²) in [5.41, 5.74) is 2.86. The summed E-state index contributed by atoms with van der Waals surface area (Å²) in [7, 11) is 2.17. The minimum atomic E-state index is 0.654. The van der Waals surface area contributed by atoms with Crippen LogP contribution in [0.1, 0.15) is 34.3 Å². The van der Waals surface area contributed by atoms with Crippen molar-refractivity contribution in [3.63, 3.8) is 0 Å². The van der Waals surface area contributed by atoms with Crippen LogP contribution in [0.5, 0.6) is 5.75 Å². The Kier molecular flexibility index (Phi) is 4.59. The molecule has 19 heavy (non-hydrogen) atoms. The van der Waals surface area contributed by atoms with Gasteiger partial charge in [0.15, 0.2) is 0 Å². The minimum absolute atomic E-state index is 0.654. The number of piperidine rings is 1. The van der Waals surface area contributed by atoms with E-state index in [0.29, 0.717) is 5.92 Å². The van der Waals surface area contributed by atoms with Crippen LogP contribution >= 0.6 is 0 Å². The maximum Gasteiger partial charge on any atom is 0.150 e. The third-order valence-electron chi connectivity index (χ3n) is 4.22. The van der Waals surface area contributed by atoms with Crippen molar-refractivity contribution >= 4 is 6.29 Å². The summed E-state index contributed by atoms with van der Waals surface area (Å²) in [6, 6.07) is 3.76. The van der Waals surface area contributed by atoms with Crippen molar-refractivity contribution in [3.8, 4) is 5.75 Å². The number of nitrogens with zero attached hydrogens (tertiary/aromatic N) is 1. The first kappa shape index (κ1) is 14.1. The second-order valence-corrected chi connectivity index (χ2v) is 5.58. The second-order valence-electron chi connectivity index (χ2n) is 5.58. The standard InChI is InChI=1S/C16H23NO2/c1-12-13(2)16(5-4-15(12)10-18)19-11-14-6-8-17(3)9-7-14/h4-5,10,14H,6-9,11H2,1-3H3. The van der Waals surface area contributed by atoms with Crippen LogP contribution in [0.2, 0.25) is 0 Å². The molecular weight excluding hydrogens is 238 g/mol. The molecule has 1 saturated heterocycles. The maximum absolute atomic E-state index is 10.9. The molecule has 1 fully saturated rings. The average molecular weight is 261 g/mol. The van der Waals surface area contributed by atoms with Gasteiger partial charge in [0.05, 0.1) is 6.61 Å². The van der Waals surface area contributed by atoms with Gasteiger partial charge in [0, 0.05) is 5.56 Å². The van der Waals surface area contributed by atoms with Crippen LogP contribution in [0.4, 0.5) is 0 Å². The first-order chi connectivity index (χ1) is 9.11. The Balaban J connectivity index is 1.96. The van der Waals surface area contributed by atoms with Crippen LogP contribution in [0, 0.1) is 19.8 Å². The molecular formula is C16H23NO2. The highest BCUT2D eigenvalue weighted by molar-refractivity contribution is 5.78. The molecule has 0 amide bonds. The number of hydrogen-bond donors (Lipinski definition) is 0. The van der Waals surface area contributed by atoms with Crippen molar-refractivity contribution in [2.45, 2.75) is 26.7 Å². The fraction of sp³-hybridized carbons (Fsp3) is 0.562. The summed E-state index contributed by atoms with van der Waals surface area (Å²) < 4.78 is 5.96. The molecule has 1 aromatic rings. The van der Waals surface area contributed by atoms with Crippen LogP contribution in [0.3, 0.4) is 0 Å². The lowest BCUT2D eigenvalue weighted by atomic mass is 9.98. The number of hydrogen-bond acceptors (Lipinski definition) is 3. The Hall–Kier alpha value is -1.35. The van der Waals surface area contributed by atoms with E-state index in [4.69, 9.17) is 4.74 Å². The van der Waals surface area contributed by atoms with Gasteiger partial charge in [0.2, 0.25) is 0 Å². The zero-order valence-electron chi connectivity index (χ0n) is 12.1. The predicted octanol–water partition coefficient (Wildman–Crippen LogP) is 2.84. The van der Waals surface area contributed by atoms with E-state index < -0.39 is 0 Å². The largest absolute Gasteiger partial charge is 0.493 e. The molecule has 0 saturated carbocycles.